The molecule has 2 aromatic carbocycles. The fourth-order valence-corrected chi connectivity index (χ4v) is 3.40. The van der Waals surface area contributed by atoms with E-state index in [0.29, 0.717) is 23.6 Å². The number of hydrogen-bond acceptors (Lipinski definition) is 4. The lowest BCUT2D eigenvalue weighted by Gasteiger charge is -2.13. The number of rotatable bonds is 10. The summed E-state index contributed by atoms with van der Waals surface area (Å²) in [6.07, 6.45) is 6.71. The quantitative estimate of drug-likeness (QED) is 0.265. The van der Waals surface area contributed by atoms with Gasteiger partial charge in [-0.25, -0.2) is 4.89 Å². The van der Waals surface area contributed by atoms with Crippen molar-refractivity contribution in [1.82, 2.24) is 4.57 Å². The van der Waals surface area contributed by atoms with E-state index >= 15 is 0 Å². The summed E-state index contributed by atoms with van der Waals surface area (Å²) < 4.78 is 7.69. The van der Waals surface area contributed by atoms with Gasteiger partial charge < -0.3 is 9.30 Å². The number of hydrogen-bond donors (Lipinski definition) is 1. The highest BCUT2D eigenvalue weighted by molar-refractivity contribution is 6.08. The standard InChI is InChI=1S/C26H29NO4/c1-4-21-10-12-23(13-11-21)26(28)25-15-19(2)17-27(25)14-6-8-22-7-5-9-24(16-22)31-20(3)18-30-29/h5-13,15-17,20,29H,4,14,18H2,1-3H3/b8-6+/t20-/m0/s1. The molecule has 1 atom stereocenters. The van der Waals surface area contributed by atoms with E-state index in [1.54, 1.807) is 0 Å². The third-order valence-corrected chi connectivity index (χ3v) is 5.01. The van der Waals surface area contributed by atoms with Gasteiger partial charge in [0, 0.05) is 18.3 Å². The van der Waals surface area contributed by atoms with Crippen LogP contribution in [0.4, 0.5) is 0 Å². The zero-order valence-corrected chi connectivity index (χ0v) is 18.2. The number of carbonyl (C=O) groups is 1. The number of aryl methyl sites for hydroxylation is 2. The van der Waals surface area contributed by atoms with Gasteiger partial charge in [-0.05, 0) is 55.2 Å². The number of benzene rings is 2. The molecule has 5 heteroatoms. The molecule has 3 rings (SSSR count). The van der Waals surface area contributed by atoms with E-state index < -0.39 is 0 Å². The maximum atomic E-state index is 13.0. The molecule has 0 spiro atoms. The molecule has 0 fully saturated rings. The Labute approximate surface area is 183 Å². The average molecular weight is 420 g/mol. The second-order valence-electron chi connectivity index (χ2n) is 7.63. The molecule has 0 saturated carbocycles. The third-order valence-electron chi connectivity index (χ3n) is 5.01. The molecular weight excluding hydrogens is 390 g/mol. The summed E-state index contributed by atoms with van der Waals surface area (Å²) in [4.78, 5) is 17.2. The van der Waals surface area contributed by atoms with Gasteiger partial charge in [-0.15, -0.1) is 0 Å². The fourth-order valence-electron chi connectivity index (χ4n) is 3.40. The van der Waals surface area contributed by atoms with Crippen molar-refractivity contribution in [3.63, 3.8) is 0 Å². The van der Waals surface area contributed by atoms with Crippen molar-refractivity contribution in [2.75, 3.05) is 6.61 Å². The monoisotopic (exact) mass is 419 g/mol. The summed E-state index contributed by atoms with van der Waals surface area (Å²) in [5.41, 5.74) is 4.64. The van der Waals surface area contributed by atoms with Gasteiger partial charge in [0.2, 0.25) is 5.78 Å². The molecule has 1 heterocycles. The summed E-state index contributed by atoms with van der Waals surface area (Å²) in [6.45, 7) is 6.60. The normalized spacial score (nSPS) is 12.3. The maximum Gasteiger partial charge on any atom is 0.209 e. The van der Waals surface area contributed by atoms with Crippen LogP contribution in [0.3, 0.4) is 0 Å². The Morgan fingerprint density at radius 1 is 1.16 bits per heavy atom. The van der Waals surface area contributed by atoms with Crippen LogP contribution in [-0.2, 0) is 17.9 Å². The number of carbonyl (C=O) groups excluding carboxylic acids is 1. The highest BCUT2D eigenvalue weighted by Crippen LogP contribution is 2.18. The highest BCUT2D eigenvalue weighted by Gasteiger charge is 2.14. The molecule has 3 aromatic rings. The minimum absolute atomic E-state index is 0.0274. The molecule has 0 unspecified atom stereocenters. The van der Waals surface area contributed by atoms with Crippen molar-refractivity contribution >= 4 is 11.9 Å². The molecule has 0 radical (unpaired) electrons. The van der Waals surface area contributed by atoms with E-state index in [-0.39, 0.29) is 18.5 Å². The van der Waals surface area contributed by atoms with Gasteiger partial charge in [-0.2, -0.15) is 0 Å². The van der Waals surface area contributed by atoms with E-state index in [2.05, 4.69) is 11.8 Å². The van der Waals surface area contributed by atoms with Crippen LogP contribution in [0.5, 0.6) is 5.75 Å². The maximum absolute atomic E-state index is 13.0. The topological polar surface area (TPSA) is 60.7 Å². The smallest absolute Gasteiger partial charge is 0.209 e. The molecule has 0 amide bonds. The summed E-state index contributed by atoms with van der Waals surface area (Å²) in [7, 11) is 0. The Morgan fingerprint density at radius 2 is 1.94 bits per heavy atom. The number of allylic oxidation sites excluding steroid dienone is 1. The van der Waals surface area contributed by atoms with Gasteiger partial charge in [-0.1, -0.05) is 55.5 Å². The lowest BCUT2D eigenvalue weighted by molar-refractivity contribution is -0.253. The number of aromatic nitrogens is 1. The fraction of sp³-hybridized carbons (Fsp3) is 0.269. The molecule has 0 aliphatic heterocycles. The lowest BCUT2D eigenvalue weighted by atomic mass is 10.0. The Morgan fingerprint density at radius 3 is 2.65 bits per heavy atom. The van der Waals surface area contributed by atoms with Crippen molar-refractivity contribution in [1.29, 1.82) is 0 Å². The van der Waals surface area contributed by atoms with Crippen LogP contribution in [0, 0.1) is 6.92 Å². The summed E-state index contributed by atoms with van der Waals surface area (Å²) in [5, 5.41) is 8.54. The number of nitrogens with zero attached hydrogens (tertiary/aromatic N) is 1. The molecule has 31 heavy (non-hydrogen) atoms. The minimum Gasteiger partial charge on any atom is -0.488 e. The SMILES string of the molecule is CCc1ccc(C(=O)c2cc(C)cn2C/C=C/c2cccc(O[C@@H](C)COO)c2)cc1. The summed E-state index contributed by atoms with van der Waals surface area (Å²) in [6, 6.07) is 17.4. The molecule has 5 nitrogen and oxygen atoms in total. The molecule has 1 aromatic heterocycles. The zero-order valence-electron chi connectivity index (χ0n) is 18.2. The van der Waals surface area contributed by atoms with Crippen molar-refractivity contribution in [3.05, 3.63) is 94.8 Å². The zero-order chi connectivity index (χ0) is 22.2. The first-order chi connectivity index (χ1) is 15.0. The van der Waals surface area contributed by atoms with Crippen molar-refractivity contribution in [2.24, 2.45) is 0 Å². The summed E-state index contributed by atoms with van der Waals surface area (Å²) in [5.74, 6) is 0.731. The first-order valence-electron chi connectivity index (χ1n) is 10.5. The first-order valence-corrected chi connectivity index (χ1v) is 10.5. The molecule has 0 aliphatic rings. The van der Waals surface area contributed by atoms with Gasteiger partial charge in [0.1, 0.15) is 18.5 Å². The van der Waals surface area contributed by atoms with E-state index in [1.807, 2.05) is 91.4 Å². The van der Waals surface area contributed by atoms with Crippen molar-refractivity contribution in [2.45, 2.75) is 39.8 Å². The molecule has 1 N–H and O–H groups in total. The number of ether oxygens (including phenoxy) is 1. The largest absolute Gasteiger partial charge is 0.488 e. The van der Waals surface area contributed by atoms with Crippen molar-refractivity contribution < 1.29 is 19.7 Å². The Hall–Kier alpha value is -3.15. The van der Waals surface area contributed by atoms with E-state index in [0.717, 1.165) is 17.5 Å². The first kappa shape index (κ1) is 22.5. The van der Waals surface area contributed by atoms with Crippen LogP contribution in [0.25, 0.3) is 6.08 Å². The molecule has 0 saturated heterocycles. The Balaban J connectivity index is 1.71. The second-order valence-corrected chi connectivity index (χ2v) is 7.63. The van der Waals surface area contributed by atoms with Crippen LogP contribution in [0.15, 0.2) is 66.9 Å². The molecule has 162 valence electrons. The Kier molecular flexibility index (Phi) is 7.82. The molecule has 0 aliphatic carbocycles. The summed E-state index contributed by atoms with van der Waals surface area (Å²) >= 11 is 0. The van der Waals surface area contributed by atoms with Gasteiger partial charge in [-0.3, -0.25) is 10.1 Å². The Bertz CT molecular complexity index is 1030. The van der Waals surface area contributed by atoms with Crippen molar-refractivity contribution in [3.8, 4) is 5.75 Å². The third kappa shape index (κ3) is 6.17. The van der Waals surface area contributed by atoms with Gasteiger partial charge >= 0.3 is 0 Å². The second kappa shape index (κ2) is 10.8. The molecular formula is C26H29NO4. The lowest BCUT2D eigenvalue weighted by Crippen LogP contribution is -2.18. The van der Waals surface area contributed by atoms with Crippen LogP contribution in [-0.4, -0.2) is 28.3 Å². The van der Waals surface area contributed by atoms with E-state index in [1.165, 1.54) is 5.56 Å². The van der Waals surface area contributed by atoms with Crippen LogP contribution in [0.2, 0.25) is 0 Å². The highest BCUT2D eigenvalue weighted by atomic mass is 17.1. The van der Waals surface area contributed by atoms with Gasteiger partial charge in [0.05, 0.1) is 5.69 Å². The number of ketones is 1. The predicted molar refractivity (Wildman–Crippen MR) is 123 cm³/mol. The van der Waals surface area contributed by atoms with Crippen LogP contribution < -0.4 is 4.74 Å². The van der Waals surface area contributed by atoms with Gasteiger partial charge in [0.25, 0.3) is 0 Å². The van der Waals surface area contributed by atoms with E-state index in [4.69, 9.17) is 9.99 Å². The minimum atomic E-state index is -0.257. The predicted octanol–water partition coefficient (Wildman–Crippen LogP) is 5.56. The van der Waals surface area contributed by atoms with Crippen LogP contribution >= 0.6 is 0 Å². The van der Waals surface area contributed by atoms with E-state index in [9.17, 15) is 4.79 Å². The molecule has 0 bridgehead atoms. The van der Waals surface area contributed by atoms with Gasteiger partial charge in [0.15, 0.2) is 0 Å². The van der Waals surface area contributed by atoms with Crippen LogP contribution in [0.1, 0.15) is 46.6 Å². The average Bonchev–Trinajstić information content (AvgIpc) is 3.14.